The molecular weight excluding hydrogens is 506 g/mol. The quantitative estimate of drug-likeness (QED) is 0.179. The predicted octanol–water partition coefficient (Wildman–Crippen LogP) is 7.89. The number of likely N-dealkylation sites (tertiary alicyclic amines) is 1. The van der Waals surface area contributed by atoms with Gasteiger partial charge in [0.25, 0.3) is 11.4 Å². The van der Waals surface area contributed by atoms with Gasteiger partial charge in [0.05, 0.1) is 9.85 Å². The lowest BCUT2D eigenvalue weighted by Crippen LogP contribution is -2.19. The van der Waals surface area contributed by atoms with Gasteiger partial charge in [0.15, 0.2) is 0 Å². The van der Waals surface area contributed by atoms with E-state index in [1.54, 1.807) is 36.4 Å². The van der Waals surface area contributed by atoms with E-state index in [1.165, 1.54) is 32.0 Å². The number of hydrogen-bond donors (Lipinski definition) is 0. The fourth-order valence-corrected chi connectivity index (χ4v) is 4.69. The third kappa shape index (κ3) is 10.2. The number of nitro groups is 2. The number of hydrogen-bond acceptors (Lipinski definition) is 6. The minimum absolute atomic E-state index is 0.0241. The van der Waals surface area contributed by atoms with Crippen molar-refractivity contribution in [1.29, 1.82) is 0 Å². The Kier molecular flexibility index (Phi) is 11.9. The summed E-state index contributed by atoms with van der Waals surface area (Å²) in [5.41, 5.74) is 4.02. The van der Waals surface area contributed by atoms with E-state index in [4.69, 9.17) is 0 Å². The summed E-state index contributed by atoms with van der Waals surface area (Å²) < 4.78 is 0. The highest BCUT2D eigenvalue weighted by atomic mass is 16.6. The second-order valence-electron chi connectivity index (χ2n) is 12.1. The maximum Gasteiger partial charge on any atom is 0.270 e. The number of carbonyl (C=O) groups excluding carboxylic acids is 1. The van der Waals surface area contributed by atoms with E-state index >= 15 is 0 Å². The SMILES string of the molecule is CC(C)(C)c1ccc([N+](=O)[O-])cc1C=CCC=O.CC(C)(C)c1ccc([N+](=O)[O-])cc1C=CCCN1CCCC1. The van der Waals surface area contributed by atoms with Crippen molar-refractivity contribution in [3.05, 3.63) is 91.0 Å². The average Bonchev–Trinajstić information content (AvgIpc) is 3.39. The van der Waals surface area contributed by atoms with E-state index in [1.807, 2.05) is 32.9 Å². The highest BCUT2D eigenvalue weighted by Crippen LogP contribution is 2.31. The molecule has 8 nitrogen and oxygen atoms in total. The average molecular weight is 550 g/mol. The third-order valence-electron chi connectivity index (χ3n) is 6.75. The molecule has 1 saturated heterocycles. The standard InChI is InChI=1S/C18H26N2O2.C14H17NO3/c1-18(2,3)17-10-9-16(20(21)22)14-15(17)8-4-5-11-19-12-6-7-13-19;1-14(2,3)13-8-7-12(15(17)18)10-11(13)6-4-5-9-16/h4,8-10,14H,5-7,11-13H2,1-3H3;4,6-10H,5H2,1-3H3. The Morgan fingerprint density at radius 2 is 1.23 bits per heavy atom. The zero-order chi connectivity index (χ0) is 29.9. The van der Waals surface area contributed by atoms with Crippen LogP contribution in [0.5, 0.6) is 0 Å². The molecule has 40 heavy (non-hydrogen) atoms. The van der Waals surface area contributed by atoms with Crippen molar-refractivity contribution in [2.24, 2.45) is 0 Å². The number of aldehydes is 1. The number of allylic oxidation sites excluding steroid dienone is 1. The molecule has 0 saturated carbocycles. The molecule has 0 radical (unpaired) electrons. The lowest BCUT2D eigenvalue weighted by Gasteiger charge is -2.21. The Morgan fingerprint density at radius 1 is 0.775 bits per heavy atom. The van der Waals surface area contributed by atoms with Crippen molar-refractivity contribution in [2.45, 2.75) is 78.1 Å². The van der Waals surface area contributed by atoms with Gasteiger partial charge in [0.2, 0.25) is 0 Å². The normalized spacial score (nSPS) is 14.3. The van der Waals surface area contributed by atoms with Crippen LogP contribution in [0.4, 0.5) is 11.4 Å². The van der Waals surface area contributed by atoms with Crippen LogP contribution in [-0.2, 0) is 15.6 Å². The molecule has 0 aliphatic carbocycles. The summed E-state index contributed by atoms with van der Waals surface area (Å²) >= 11 is 0. The lowest BCUT2D eigenvalue weighted by atomic mass is 9.83. The summed E-state index contributed by atoms with van der Waals surface area (Å²) in [5, 5.41) is 21.8. The number of nitro benzene ring substituents is 2. The highest BCUT2D eigenvalue weighted by molar-refractivity contribution is 5.63. The Balaban J connectivity index is 0.000000286. The largest absolute Gasteiger partial charge is 0.303 e. The highest BCUT2D eigenvalue weighted by Gasteiger charge is 2.20. The Labute approximate surface area is 238 Å². The summed E-state index contributed by atoms with van der Waals surface area (Å²) in [7, 11) is 0. The first-order valence-electron chi connectivity index (χ1n) is 13.8. The molecule has 1 heterocycles. The van der Waals surface area contributed by atoms with Gasteiger partial charge in [-0.2, -0.15) is 0 Å². The van der Waals surface area contributed by atoms with Crippen molar-refractivity contribution in [3.8, 4) is 0 Å². The zero-order valence-corrected chi connectivity index (χ0v) is 24.7. The minimum Gasteiger partial charge on any atom is -0.303 e. The van der Waals surface area contributed by atoms with Crippen molar-refractivity contribution < 1.29 is 14.6 Å². The Morgan fingerprint density at radius 3 is 1.62 bits per heavy atom. The fourth-order valence-electron chi connectivity index (χ4n) is 4.69. The summed E-state index contributed by atoms with van der Waals surface area (Å²) in [6, 6.07) is 10.0. The smallest absolute Gasteiger partial charge is 0.270 e. The van der Waals surface area contributed by atoms with E-state index in [0.717, 1.165) is 41.5 Å². The predicted molar refractivity (Wildman–Crippen MR) is 163 cm³/mol. The molecule has 1 aliphatic heterocycles. The van der Waals surface area contributed by atoms with Crippen LogP contribution in [0.15, 0.2) is 48.6 Å². The van der Waals surface area contributed by atoms with Crippen LogP contribution < -0.4 is 0 Å². The van der Waals surface area contributed by atoms with Crippen LogP contribution in [0.25, 0.3) is 12.2 Å². The molecule has 0 spiro atoms. The molecule has 2 aromatic rings. The van der Waals surface area contributed by atoms with Gasteiger partial charge in [-0.1, -0.05) is 78.0 Å². The van der Waals surface area contributed by atoms with Gasteiger partial charge in [0, 0.05) is 37.2 Å². The van der Waals surface area contributed by atoms with Crippen LogP contribution in [-0.4, -0.2) is 40.7 Å². The molecular formula is C32H43N3O5. The lowest BCUT2D eigenvalue weighted by molar-refractivity contribution is -0.385. The number of nitrogens with zero attached hydrogens (tertiary/aromatic N) is 3. The summed E-state index contributed by atoms with van der Waals surface area (Å²) in [4.78, 5) is 33.8. The number of rotatable bonds is 9. The molecule has 0 unspecified atom stereocenters. The van der Waals surface area contributed by atoms with Crippen LogP contribution >= 0.6 is 0 Å². The molecule has 0 amide bonds. The zero-order valence-electron chi connectivity index (χ0n) is 24.7. The third-order valence-corrected chi connectivity index (χ3v) is 6.75. The molecule has 3 rings (SSSR count). The summed E-state index contributed by atoms with van der Waals surface area (Å²) in [5.74, 6) is 0. The minimum atomic E-state index is -0.413. The van der Waals surface area contributed by atoms with Crippen molar-refractivity contribution in [2.75, 3.05) is 19.6 Å². The Bertz CT molecular complexity index is 1230. The molecule has 216 valence electrons. The van der Waals surface area contributed by atoms with E-state index in [-0.39, 0.29) is 27.1 Å². The van der Waals surface area contributed by atoms with Gasteiger partial charge in [-0.3, -0.25) is 20.2 Å². The molecule has 8 heteroatoms. The van der Waals surface area contributed by atoms with Gasteiger partial charge in [0.1, 0.15) is 6.29 Å². The molecule has 0 aromatic heterocycles. The van der Waals surface area contributed by atoms with Crippen LogP contribution in [0.2, 0.25) is 0 Å². The van der Waals surface area contributed by atoms with Crippen molar-refractivity contribution in [1.82, 2.24) is 4.90 Å². The Hall–Kier alpha value is -3.65. The molecule has 0 atom stereocenters. The maximum atomic E-state index is 11.0. The first-order valence-corrected chi connectivity index (χ1v) is 13.8. The van der Waals surface area contributed by atoms with Crippen LogP contribution in [0.1, 0.15) is 89.5 Å². The topological polar surface area (TPSA) is 107 Å². The molecule has 2 aromatic carbocycles. The van der Waals surface area contributed by atoms with Crippen LogP contribution in [0.3, 0.4) is 0 Å². The van der Waals surface area contributed by atoms with E-state index < -0.39 is 4.92 Å². The van der Waals surface area contributed by atoms with Crippen LogP contribution in [0, 0.1) is 20.2 Å². The summed E-state index contributed by atoms with van der Waals surface area (Å²) in [6.45, 7) is 16.0. The summed E-state index contributed by atoms with van der Waals surface area (Å²) in [6.07, 6.45) is 12.4. The van der Waals surface area contributed by atoms with Gasteiger partial charge >= 0.3 is 0 Å². The first kappa shape index (κ1) is 32.6. The van der Waals surface area contributed by atoms with E-state index in [0.29, 0.717) is 6.42 Å². The molecule has 1 fully saturated rings. The number of non-ortho nitro benzene ring substituents is 2. The second kappa shape index (κ2) is 14.7. The van der Waals surface area contributed by atoms with Gasteiger partial charge in [-0.15, -0.1) is 0 Å². The van der Waals surface area contributed by atoms with Gasteiger partial charge in [-0.25, -0.2) is 0 Å². The van der Waals surface area contributed by atoms with Crippen molar-refractivity contribution >= 4 is 29.8 Å². The number of carbonyl (C=O) groups is 1. The monoisotopic (exact) mass is 549 g/mol. The molecule has 0 bridgehead atoms. The fraction of sp³-hybridized carbons (Fsp3) is 0.469. The second-order valence-corrected chi connectivity index (χ2v) is 12.1. The number of benzene rings is 2. The molecule has 1 aliphatic rings. The first-order chi connectivity index (χ1) is 18.7. The maximum absolute atomic E-state index is 11.0. The van der Waals surface area contributed by atoms with E-state index in [2.05, 4.69) is 31.7 Å². The van der Waals surface area contributed by atoms with E-state index in [9.17, 15) is 25.0 Å². The van der Waals surface area contributed by atoms with Crippen molar-refractivity contribution in [3.63, 3.8) is 0 Å². The molecule has 0 N–H and O–H groups in total. The van der Waals surface area contributed by atoms with Gasteiger partial charge in [-0.05, 0) is 65.4 Å². The van der Waals surface area contributed by atoms with Gasteiger partial charge < -0.3 is 9.69 Å².